The molecule has 1 unspecified atom stereocenters. The van der Waals surface area contributed by atoms with E-state index in [1.807, 2.05) is 38.1 Å². The van der Waals surface area contributed by atoms with Crippen LogP contribution in [0, 0.1) is 25.2 Å². The van der Waals surface area contributed by atoms with Gasteiger partial charge >= 0.3 is 0 Å². The molecule has 0 aromatic heterocycles. The Kier molecular flexibility index (Phi) is 6.03. The first-order valence-electron chi connectivity index (χ1n) is 10.6. The highest BCUT2D eigenvalue weighted by atomic mass is 16.1. The summed E-state index contributed by atoms with van der Waals surface area (Å²) in [6.07, 6.45) is 2.78. The maximum atomic E-state index is 12.7. The van der Waals surface area contributed by atoms with E-state index in [-0.39, 0.29) is 17.0 Å². The molecule has 0 saturated heterocycles. The Balaban J connectivity index is 1.98. The van der Waals surface area contributed by atoms with Gasteiger partial charge in [-0.2, -0.15) is 5.26 Å². The highest BCUT2D eigenvalue weighted by molar-refractivity contribution is 6.10. The molecule has 1 aliphatic rings. The first-order chi connectivity index (χ1) is 14.2. The van der Waals surface area contributed by atoms with E-state index in [9.17, 15) is 10.1 Å². The van der Waals surface area contributed by atoms with Crippen molar-refractivity contribution in [2.24, 2.45) is 0 Å². The topological polar surface area (TPSA) is 56.1 Å². The van der Waals surface area contributed by atoms with Crippen molar-refractivity contribution in [1.82, 2.24) is 0 Å². The maximum Gasteiger partial charge on any atom is 0.266 e. The molecule has 0 spiro atoms. The van der Waals surface area contributed by atoms with Crippen LogP contribution >= 0.6 is 0 Å². The fourth-order valence-electron chi connectivity index (χ4n) is 4.61. The number of rotatable bonds is 4. The quantitative estimate of drug-likeness (QED) is 0.508. The lowest BCUT2D eigenvalue weighted by Gasteiger charge is -2.47. The molecule has 0 fully saturated rings. The van der Waals surface area contributed by atoms with E-state index in [0.29, 0.717) is 5.92 Å². The SMILES string of the molecule is CCN1c2cc(C)c(/C=C(/C#N)C(=O)Nc3ccccc3C)cc2C(C)CC1(C)C. The molecule has 4 heteroatoms. The van der Waals surface area contributed by atoms with Gasteiger partial charge in [-0.25, -0.2) is 0 Å². The zero-order chi connectivity index (χ0) is 22.1. The third-order valence-corrected chi connectivity index (χ3v) is 6.15. The van der Waals surface area contributed by atoms with Gasteiger partial charge in [0.15, 0.2) is 0 Å². The van der Waals surface area contributed by atoms with Crippen molar-refractivity contribution < 1.29 is 4.79 Å². The van der Waals surface area contributed by atoms with Crippen LogP contribution in [-0.4, -0.2) is 18.0 Å². The standard InChI is InChI=1S/C26H31N3O/c1-7-29-24-12-18(3)20(14-22(24)19(4)15-26(29,5)6)13-21(16-27)25(30)28-23-11-9-8-10-17(23)2/h8-14,19H,7,15H2,1-6H3,(H,28,30)/b21-13-. The zero-order valence-electron chi connectivity index (χ0n) is 18.8. The van der Waals surface area contributed by atoms with Crippen LogP contribution in [-0.2, 0) is 4.79 Å². The number of anilines is 2. The molecule has 30 heavy (non-hydrogen) atoms. The molecule has 1 heterocycles. The summed E-state index contributed by atoms with van der Waals surface area (Å²) in [7, 11) is 0. The number of carbonyl (C=O) groups excluding carboxylic acids is 1. The largest absolute Gasteiger partial charge is 0.366 e. The number of hydrogen-bond acceptors (Lipinski definition) is 3. The Morgan fingerprint density at radius 1 is 1.27 bits per heavy atom. The monoisotopic (exact) mass is 401 g/mol. The number of fused-ring (bicyclic) bond motifs is 1. The Morgan fingerprint density at radius 3 is 2.60 bits per heavy atom. The van der Waals surface area contributed by atoms with Crippen LogP contribution in [0.4, 0.5) is 11.4 Å². The van der Waals surface area contributed by atoms with E-state index < -0.39 is 0 Å². The second kappa shape index (κ2) is 8.36. The number of carbonyl (C=O) groups is 1. The molecule has 0 saturated carbocycles. The number of nitrogens with one attached hydrogen (secondary N) is 1. The Bertz CT molecular complexity index is 1040. The molecular weight excluding hydrogens is 370 g/mol. The summed E-state index contributed by atoms with van der Waals surface area (Å²) in [6, 6.07) is 14.0. The van der Waals surface area contributed by atoms with E-state index in [1.165, 1.54) is 11.3 Å². The molecule has 0 aliphatic carbocycles. The lowest BCUT2D eigenvalue weighted by molar-refractivity contribution is -0.112. The fraction of sp³-hybridized carbons (Fsp3) is 0.385. The van der Waals surface area contributed by atoms with Gasteiger partial charge in [-0.15, -0.1) is 0 Å². The van der Waals surface area contributed by atoms with E-state index in [2.05, 4.69) is 56.1 Å². The third-order valence-electron chi connectivity index (χ3n) is 6.15. The van der Waals surface area contributed by atoms with Crippen molar-refractivity contribution in [3.05, 3.63) is 64.2 Å². The van der Waals surface area contributed by atoms with Gasteiger partial charge in [-0.05, 0) is 93.5 Å². The number of hydrogen-bond donors (Lipinski definition) is 1. The molecule has 156 valence electrons. The lowest BCUT2D eigenvalue weighted by atomic mass is 9.79. The van der Waals surface area contributed by atoms with Gasteiger partial charge in [0.05, 0.1) is 0 Å². The van der Waals surface area contributed by atoms with Crippen molar-refractivity contribution in [3.8, 4) is 6.07 Å². The van der Waals surface area contributed by atoms with Gasteiger partial charge in [0.1, 0.15) is 11.6 Å². The lowest BCUT2D eigenvalue weighted by Crippen LogP contribution is -2.48. The van der Waals surface area contributed by atoms with Crippen LogP contribution in [0.25, 0.3) is 6.08 Å². The van der Waals surface area contributed by atoms with Gasteiger partial charge in [0.2, 0.25) is 0 Å². The minimum absolute atomic E-state index is 0.107. The van der Waals surface area contributed by atoms with Crippen LogP contribution in [0.2, 0.25) is 0 Å². The maximum absolute atomic E-state index is 12.7. The van der Waals surface area contributed by atoms with E-state index in [4.69, 9.17) is 0 Å². The van der Waals surface area contributed by atoms with Crippen molar-refractivity contribution in [1.29, 1.82) is 5.26 Å². The summed E-state index contributed by atoms with van der Waals surface area (Å²) in [5.41, 5.74) is 6.43. The number of aryl methyl sites for hydroxylation is 2. The summed E-state index contributed by atoms with van der Waals surface area (Å²) in [5, 5.41) is 12.5. The molecule has 4 nitrogen and oxygen atoms in total. The van der Waals surface area contributed by atoms with E-state index in [0.717, 1.165) is 35.3 Å². The minimum Gasteiger partial charge on any atom is -0.366 e. The van der Waals surface area contributed by atoms with Crippen molar-refractivity contribution in [3.63, 3.8) is 0 Å². The smallest absolute Gasteiger partial charge is 0.266 e. The van der Waals surface area contributed by atoms with Crippen LogP contribution in [0.3, 0.4) is 0 Å². The minimum atomic E-state index is -0.381. The average Bonchev–Trinajstić information content (AvgIpc) is 2.68. The molecule has 2 aromatic carbocycles. The summed E-state index contributed by atoms with van der Waals surface area (Å²) in [6.45, 7) is 14.0. The van der Waals surface area contributed by atoms with Gasteiger partial charge in [0.25, 0.3) is 5.91 Å². The van der Waals surface area contributed by atoms with Crippen molar-refractivity contribution in [2.45, 2.75) is 59.4 Å². The Labute approximate surface area is 180 Å². The number of nitriles is 1. The molecule has 0 bridgehead atoms. The molecule has 2 aromatic rings. The van der Waals surface area contributed by atoms with Crippen LogP contribution in [0.5, 0.6) is 0 Å². The normalized spacial score (nSPS) is 17.8. The molecule has 1 atom stereocenters. The first kappa shape index (κ1) is 21.6. The van der Waals surface area contributed by atoms with Crippen LogP contribution < -0.4 is 10.2 Å². The summed E-state index contributed by atoms with van der Waals surface area (Å²) in [4.78, 5) is 15.2. The summed E-state index contributed by atoms with van der Waals surface area (Å²) in [5.74, 6) is 0.0326. The van der Waals surface area contributed by atoms with E-state index in [1.54, 1.807) is 6.08 Å². The second-order valence-corrected chi connectivity index (χ2v) is 8.87. The van der Waals surface area contributed by atoms with Gasteiger partial charge in [-0.3, -0.25) is 4.79 Å². The predicted molar refractivity (Wildman–Crippen MR) is 125 cm³/mol. The Morgan fingerprint density at radius 2 is 1.97 bits per heavy atom. The average molecular weight is 402 g/mol. The fourth-order valence-corrected chi connectivity index (χ4v) is 4.61. The molecule has 3 rings (SSSR count). The third kappa shape index (κ3) is 4.11. The number of para-hydroxylation sites is 1. The first-order valence-corrected chi connectivity index (χ1v) is 10.6. The highest BCUT2D eigenvalue weighted by Gasteiger charge is 2.35. The number of amides is 1. The van der Waals surface area contributed by atoms with Crippen molar-refractivity contribution >= 4 is 23.4 Å². The van der Waals surface area contributed by atoms with Gasteiger partial charge in [-0.1, -0.05) is 25.1 Å². The predicted octanol–water partition coefficient (Wildman–Crippen LogP) is 5.96. The van der Waals surface area contributed by atoms with E-state index >= 15 is 0 Å². The van der Waals surface area contributed by atoms with Crippen LogP contribution in [0.15, 0.2) is 42.0 Å². The molecule has 1 amide bonds. The van der Waals surface area contributed by atoms with Crippen molar-refractivity contribution in [2.75, 3.05) is 16.8 Å². The molecular formula is C26H31N3O. The van der Waals surface area contributed by atoms with Gasteiger partial charge in [0, 0.05) is 23.5 Å². The second-order valence-electron chi connectivity index (χ2n) is 8.87. The Hall–Kier alpha value is -3.06. The zero-order valence-corrected chi connectivity index (χ0v) is 18.8. The molecule has 0 radical (unpaired) electrons. The summed E-state index contributed by atoms with van der Waals surface area (Å²) < 4.78 is 0. The molecule has 1 N–H and O–H groups in total. The number of nitrogens with zero attached hydrogens (tertiary/aromatic N) is 2. The van der Waals surface area contributed by atoms with Gasteiger partial charge < -0.3 is 10.2 Å². The number of benzene rings is 2. The molecule has 1 aliphatic heterocycles. The highest BCUT2D eigenvalue weighted by Crippen LogP contribution is 2.44. The van der Waals surface area contributed by atoms with Crippen LogP contribution in [0.1, 0.15) is 62.3 Å². The summed E-state index contributed by atoms with van der Waals surface area (Å²) >= 11 is 0.